The van der Waals surface area contributed by atoms with Gasteiger partial charge in [0.1, 0.15) is 5.75 Å². The molecule has 0 saturated carbocycles. The van der Waals surface area contributed by atoms with Crippen LogP contribution in [0.25, 0.3) is 16.8 Å². The van der Waals surface area contributed by atoms with Crippen molar-refractivity contribution in [3.8, 4) is 16.9 Å². The van der Waals surface area contributed by atoms with E-state index in [0.29, 0.717) is 0 Å². The van der Waals surface area contributed by atoms with Crippen molar-refractivity contribution < 1.29 is 4.74 Å². The van der Waals surface area contributed by atoms with Gasteiger partial charge in [-0.25, -0.2) is 4.68 Å². The number of allylic oxidation sites excluding steroid dienone is 2. The van der Waals surface area contributed by atoms with E-state index in [2.05, 4.69) is 53.6 Å². The summed E-state index contributed by atoms with van der Waals surface area (Å²) >= 11 is 0. The summed E-state index contributed by atoms with van der Waals surface area (Å²) in [6, 6.07) is 8.04. The Labute approximate surface area is 131 Å². The molecule has 4 heteroatoms. The first kappa shape index (κ1) is 14.4. The first-order valence-corrected chi connectivity index (χ1v) is 7.62. The molecule has 0 saturated heterocycles. The molecule has 0 fully saturated rings. The third-order valence-corrected chi connectivity index (χ3v) is 3.72. The topological polar surface area (TPSA) is 30.3 Å². The SMILES string of the molecule is CCCN1C=C(n2cc(-c3ccc(OC)cc3)cn2)C=CC1. The summed E-state index contributed by atoms with van der Waals surface area (Å²) in [5, 5.41) is 4.49. The highest BCUT2D eigenvalue weighted by Gasteiger charge is 2.08. The van der Waals surface area contributed by atoms with Crippen LogP contribution in [-0.2, 0) is 0 Å². The van der Waals surface area contributed by atoms with E-state index in [1.807, 2.05) is 23.0 Å². The minimum absolute atomic E-state index is 0.865. The molecule has 2 aromatic rings. The average Bonchev–Trinajstić information content (AvgIpc) is 3.06. The quantitative estimate of drug-likeness (QED) is 0.843. The second-order valence-electron chi connectivity index (χ2n) is 5.35. The van der Waals surface area contributed by atoms with Crippen LogP contribution in [0.3, 0.4) is 0 Å². The van der Waals surface area contributed by atoms with Gasteiger partial charge in [-0.1, -0.05) is 25.1 Å². The van der Waals surface area contributed by atoms with Gasteiger partial charge in [0.2, 0.25) is 0 Å². The highest BCUT2D eigenvalue weighted by molar-refractivity contribution is 5.65. The molecular weight excluding hydrogens is 274 g/mol. The van der Waals surface area contributed by atoms with Crippen LogP contribution in [0.2, 0.25) is 0 Å². The van der Waals surface area contributed by atoms with E-state index >= 15 is 0 Å². The molecule has 4 nitrogen and oxygen atoms in total. The molecule has 0 N–H and O–H groups in total. The van der Waals surface area contributed by atoms with Crippen LogP contribution in [0.4, 0.5) is 0 Å². The van der Waals surface area contributed by atoms with Gasteiger partial charge in [0, 0.05) is 31.0 Å². The lowest BCUT2D eigenvalue weighted by Gasteiger charge is -2.22. The average molecular weight is 295 g/mol. The lowest BCUT2D eigenvalue weighted by atomic mass is 10.1. The monoisotopic (exact) mass is 295 g/mol. The number of rotatable bonds is 5. The molecular formula is C18H21N3O. The maximum atomic E-state index is 5.20. The Morgan fingerprint density at radius 2 is 2.00 bits per heavy atom. The first-order chi connectivity index (χ1) is 10.8. The largest absolute Gasteiger partial charge is 0.497 e. The molecule has 0 spiro atoms. The van der Waals surface area contributed by atoms with Crippen molar-refractivity contribution >= 4 is 5.70 Å². The number of nitrogens with zero attached hydrogens (tertiary/aromatic N) is 3. The third-order valence-electron chi connectivity index (χ3n) is 3.72. The maximum Gasteiger partial charge on any atom is 0.118 e. The Kier molecular flexibility index (Phi) is 4.28. The zero-order chi connectivity index (χ0) is 15.4. The van der Waals surface area contributed by atoms with Crippen molar-refractivity contribution in [3.63, 3.8) is 0 Å². The highest BCUT2D eigenvalue weighted by Crippen LogP contribution is 2.23. The molecule has 22 heavy (non-hydrogen) atoms. The number of hydrogen-bond acceptors (Lipinski definition) is 3. The minimum Gasteiger partial charge on any atom is -0.497 e. The van der Waals surface area contributed by atoms with Gasteiger partial charge in [-0.3, -0.25) is 0 Å². The fourth-order valence-corrected chi connectivity index (χ4v) is 2.57. The van der Waals surface area contributed by atoms with Crippen molar-refractivity contribution in [2.45, 2.75) is 13.3 Å². The van der Waals surface area contributed by atoms with Crippen LogP contribution >= 0.6 is 0 Å². The fourth-order valence-electron chi connectivity index (χ4n) is 2.57. The van der Waals surface area contributed by atoms with Gasteiger partial charge in [0.25, 0.3) is 0 Å². The van der Waals surface area contributed by atoms with Gasteiger partial charge in [0.15, 0.2) is 0 Å². The van der Waals surface area contributed by atoms with E-state index in [4.69, 9.17) is 4.74 Å². The molecule has 0 amide bonds. The van der Waals surface area contributed by atoms with Gasteiger partial charge < -0.3 is 9.64 Å². The number of aromatic nitrogens is 2. The number of hydrogen-bond donors (Lipinski definition) is 0. The van der Waals surface area contributed by atoms with Crippen LogP contribution < -0.4 is 4.74 Å². The molecule has 0 bridgehead atoms. The molecule has 2 heterocycles. The van der Waals surface area contributed by atoms with Crippen molar-refractivity contribution in [3.05, 3.63) is 55.0 Å². The molecule has 114 valence electrons. The van der Waals surface area contributed by atoms with E-state index in [1.165, 1.54) is 0 Å². The second kappa shape index (κ2) is 6.52. The molecule has 0 radical (unpaired) electrons. The van der Waals surface area contributed by atoms with Crippen molar-refractivity contribution in [2.24, 2.45) is 0 Å². The highest BCUT2D eigenvalue weighted by atomic mass is 16.5. The predicted octanol–water partition coefficient (Wildman–Crippen LogP) is 3.64. The lowest BCUT2D eigenvalue weighted by molar-refractivity contribution is 0.410. The predicted molar refractivity (Wildman–Crippen MR) is 89.5 cm³/mol. The minimum atomic E-state index is 0.865. The molecule has 0 unspecified atom stereocenters. The molecule has 1 aliphatic heterocycles. The lowest BCUT2D eigenvalue weighted by Crippen LogP contribution is -2.21. The van der Waals surface area contributed by atoms with Gasteiger partial charge >= 0.3 is 0 Å². The normalized spacial score (nSPS) is 14.1. The van der Waals surface area contributed by atoms with Gasteiger partial charge in [-0.05, 0) is 30.2 Å². The van der Waals surface area contributed by atoms with Crippen LogP contribution in [0.5, 0.6) is 5.75 Å². The summed E-state index contributed by atoms with van der Waals surface area (Å²) in [5.41, 5.74) is 3.34. The summed E-state index contributed by atoms with van der Waals surface area (Å²) in [6.45, 7) is 4.24. The summed E-state index contributed by atoms with van der Waals surface area (Å²) < 4.78 is 7.12. The van der Waals surface area contributed by atoms with Crippen LogP contribution in [-0.4, -0.2) is 34.9 Å². The van der Waals surface area contributed by atoms with Gasteiger partial charge in [-0.2, -0.15) is 5.10 Å². The zero-order valence-electron chi connectivity index (χ0n) is 13.1. The third kappa shape index (κ3) is 3.06. The van der Waals surface area contributed by atoms with Crippen molar-refractivity contribution in [2.75, 3.05) is 20.2 Å². The summed E-state index contributed by atoms with van der Waals surface area (Å²) in [6.07, 6.45) is 11.6. The van der Waals surface area contributed by atoms with E-state index in [0.717, 1.165) is 42.1 Å². The fraction of sp³-hybridized carbons (Fsp3) is 0.278. The Bertz CT molecular complexity index is 683. The summed E-state index contributed by atoms with van der Waals surface area (Å²) in [5.74, 6) is 0.865. The molecule has 1 aromatic carbocycles. The van der Waals surface area contributed by atoms with Crippen LogP contribution in [0.1, 0.15) is 13.3 Å². The number of benzene rings is 1. The van der Waals surface area contributed by atoms with Gasteiger partial charge in [0.05, 0.1) is 19.0 Å². The second-order valence-corrected chi connectivity index (χ2v) is 5.35. The number of methoxy groups -OCH3 is 1. The Hall–Kier alpha value is -2.49. The van der Waals surface area contributed by atoms with E-state index in [9.17, 15) is 0 Å². The smallest absolute Gasteiger partial charge is 0.118 e. The van der Waals surface area contributed by atoms with Crippen molar-refractivity contribution in [1.82, 2.24) is 14.7 Å². The van der Waals surface area contributed by atoms with Crippen LogP contribution in [0, 0.1) is 0 Å². The molecule has 3 rings (SSSR count). The van der Waals surface area contributed by atoms with Crippen molar-refractivity contribution in [1.29, 1.82) is 0 Å². The van der Waals surface area contributed by atoms with E-state index < -0.39 is 0 Å². The molecule has 0 aliphatic carbocycles. The maximum absolute atomic E-state index is 5.20. The summed E-state index contributed by atoms with van der Waals surface area (Å²) in [7, 11) is 1.68. The van der Waals surface area contributed by atoms with Crippen LogP contribution in [0.15, 0.2) is 55.0 Å². The summed E-state index contributed by atoms with van der Waals surface area (Å²) in [4.78, 5) is 2.31. The zero-order valence-corrected chi connectivity index (χ0v) is 13.1. The molecule has 1 aromatic heterocycles. The van der Waals surface area contributed by atoms with E-state index in [1.54, 1.807) is 7.11 Å². The standard InChI is InChI=1S/C18H21N3O/c1-3-10-20-11-4-5-17(14-20)21-13-16(12-19-21)15-6-8-18(22-2)9-7-15/h4-9,12-14H,3,10-11H2,1-2H3. The Morgan fingerprint density at radius 3 is 2.73 bits per heavy atom. The van der Waals surface area contributed by atoms with E-state index in [-0.39, 0.29) is 0 Å². The molecule has 0 atom stereocenters. The first-order valence-electron chi connectivity index (χ1n) is 7.62. The molecule has 1 aliphatic rings. The Morgan fingerprint density at radius 1 is 1.18 bits per heavy atom. The number of ether oxygens (including phenoxy) is 1. The van der Waals surface area contributed by atoms with Gasteiger partial charge in [-0.15, -0.1) is 0 Å². The Balaban J connectivity index is 1.82.